The Kier molecular flexibility index (Phi) is 9.36. The van der Waals surface area contributed by atoms with Crippen molar-refractivity contribution in [3.8, 4) is 5.75 Å². The van der Waals surface area contributed by atoms with Gasteiger partial charge in [-0.2, -0.15) is 0 Å². The van der Waals surface area contributed by atoms with E-state index in [0.29, 0.717) is 13.0 Å². The summed E-state index contributed by atoms with van der Waals surface area (Å²) < 4.78 is 5.80. The lowest BCUT2D eigenvalue weighted by molar-refractivity contribution is -0.385. The number of nitro benzene ring substituents is 1. The van der Waals surface area contributed by atoms with Crippen molar-refractivity contribution in [3.63, 3.8) is 0 Å². The fourth-order valence-electron chi connectivity index (χ4n) is 3.62. The summed E-state index contributed by atoms with van der Waals surface area (Å²) in [5, 5.41) is 22.7. The second-order valence-electron chi connectivity index (χ2n) is 8.13. The number of carbonyl (C=O) groups excluding carboxylic acids is 1. The minimum Gasteiger partial charge on any atom is -0.494 e. The van der Waals surface area contributed by atoms with Gasteiger partial charge in [-0.15, -0.1) is 0 Å². The number of rotatable bonds is 13. The first-order chi connectivity index (χ1) is 16.9. The number of unbranched alkanes of at least 4 members (excludes halogenated alkanes) is 2. The van der Waals surface area contributed by atoms with Gasteiger partial charge in [0.2, 0.25) is 5.91 Å². The number of hydrogen-bond donors (Lipinski definition) is 2. The van der Waals surface area contributed by atoms with Gasteiger partial charge in [0.15, 0.2) is 0 Å². The minimum atomic E-state index is -1.43. The zero-order chi connectivity index (χ0) is 25.0. The Morgan fingerprint density at radius 3 is 2.29 bits per heavy atom. The molecule has 0 saturated carbocycles. The summed E-state index contributed by atoms with van der Waals surface area (Å²) in [6, 6.07) is 21.5. The lowest BCUT2D eigenvalue weighted by Gasteiger charge is -2.08. The predicted octanol–water partition coefficient (Wildman–Crippen LogP) is 5.66. The summed E-state index contributed by atoms with van der Waals surface area (Å²) >= 11 is 0. The summed E-state index contributed by atoms with van der Waals surface area (Å²) in [5.41, 5.74) is 1.52. The van der Waals surface area contributed by atoms with Crippen LogP contribution in [0.3, 0.4) is 0 Å². The molecule has 0 aliphatic heterocycles. The molecule has 2 N–H and O–H groups in total. The number of carboxylic acid groups (broad SMARTS) is 1. The van der Waals surface area contributed by atoms with Crippen LogP contribution in [0.4, 0.5) is 11.4 Å². The molecule has 3 aromatic carbocycles. The molecular formula is C27H28N2O6. The van der Waals surface area contributed by atoms with E-state index in [1.165, 1.54) is 11.6 Å². The number of nitrogens with one attached hydrogen (secondary N) is 1. The quantitative estimate of drug-likeness (QED) is 0.187. The van der Waals surface area contributed by atoms with Crippen molar-refractivity contribution < 1.29 is 24.4 Å². The van der Waals surface area contributed by atoms with Crippen LogP contribution in [0.2, 0.25) is 0 Å². The van der Waals surface area contributed by atoms with E-state index in [0.717, 1.165) is 49.1 Å². The van der Waals surface area contributed by atoms with E-state index in [-0.39, 0.29) is 18.0 Å². The zero-order valence-electron chi connectivity index (χ0n) is 19.3. The molecule has 0 spiro atoms. The lowest BCUT2D eigenvalue weighted by atomic mass is 10.1. The monoisotopic (exact) mass is 476 g/mol. The van der Waals surface area contributed by atoms with Gasteiger partial charge in [-0.25, -0.2) is 4.79 Å². The number of nitrogens with zero attached hydrogens (tertiary/aromatic N) is 1. The molecule has 0 aliphatic rings. The van der Waals surface area contributed by atoms with Gasteiger partial charge in [0, 0.05) is 18.2 Å². The summed E-state index contributed by atoms with van der Waals surface area (Å²) in [6.45, 7) is 0.657. The minimum absolute atomic E-state index is 0.182. The van der Waals surface area contributed by atoms with Crippen LogP contribution in [0.25, 0.3) is 0 Å². The number of benzene rings is 3. The van der Waals surface area contributed by atoms with Gasteiger partial charge in [0.1, 0.15) is 11.3 Å². The van der Waals surface area contributed by atoms with Gasteiger partial charge < -0.3 is 15.2 Å². The summed E-state index contributed by atoms with van der Waals surface area (Å²) in [5.74, 6) is -0.957. The van der Waals surface area contributed by atoms with Crippen molar-refractivity contribution in [2.45, 2.75) is 38.5 Å². The first-order valence-corrected chi connectivity index (χ1v) is 11.5. The molecule has 0 bridgehead atoms. The van der Waals surface area contributed by atoms with Crippen LogP contribution in [0.1, 0.15) is 47.2 Å². The van der Waals surface area contributed by atoms with Gasteiger partial charge in [-0.1, -0.05) is 42.5 Å². The third-order valence-electron chi connectivity index (χ3n) is 5.49. The number of anilines is 1. The highest BCUT2D eigenvalue weighted by molar-refractivity contribution is 5.96. The van der Waals surface area contributed by atoms with Crippen LogP contribution >= 0.6 is 0 Å². The van der Waals surface area contributed by atoms with Gasteiger partial charge >= 0.3 is 5.97 Å². The maximum absolute atomic E-state index is 12.3. The second-order valence-corrected chi connectivity index (χ2v) is 8.13. The molecule has 0 unspecified atom stereocenters. The Morgan fingerprint density at radius 1 is 0.886 bits per heavy atom. The molecule has 0 aromatic heterocycles. The van der Waals surface area contributed by atoms with Crippen molar-refractivity contribution in [3.05, 3.63) is 99.6 Å². The van der Waals surface area contributed by atoms with Crippen LogP contribution in [-0.2, 0) is 17.6 Å². The van der Waals surface area contributed by atoms with Crippen molar-refractivity contribution in [1.29, 1.82) is 0 Å². The average molecular weight is 477 g/mol. The molecule has 0 aliphatic carbocycles. The first-order valence-electron chi connectivity index (χ1n) is 11.5. The van der Waals surface area contributed by atoms with Crippen LogP contribution in [0.15, 0.2) is 72.8 Å². The van der Waals surface area contributed by atoms with Gasteiger partial charge in [-0.3, -0.25) is 14.9 Å². The number of nitro groups is 1. The van der Waals surface area contributed by atoms with Crippen LogP contribution in [-0.4, -0.2) is 28.5 Å². The molecule has 0 saturated heterocycles. The molecule has 0 heterocycles. The van der Waals surface area contributed by atoms with E-state index in [2.05, 4.69) is 29.6 Å². The van der Waals surface area contributed by atoms with Crippen LogP contribution in [0.5, 0.6) is 5.75 Å². The molecule has 8 nitrogen and oxygen atoms in total. The number of amides is 1. The molecule has 3 aromatic rings. The maximum Gasteiger partial charge on any atom is 0.342 e. The number of ether oxygens (including phenoxy) is 1. The molecule has 3 rings (SSSR count). The zero-order valence-corrected chi connectivity index (χ0v) is 19.3. The number of carboxylic acids is 1. The normalized spacial score (nSPS) is 10.5. The Labute approximate surface area is 203 Å². The van der Waals surface area contributed by atoms with E-state index in [4.69, 9.17) is 9.84 Å². The first kappa shape index (κ1) is 25.4. The van der Waals surface area contributed by atoms with Crippen molar-refractivity contribution in [2.75, 3.05) is 11.9 Å². The molecular weight excluding hydrogens is 448 g/mol. The standard InChI is InChI=1S/C27H28N2O6/c30-26(28-22-13-16-25(29(33)34)24(19-22)27(31)32)17-12-21-10-14-23(15-11-21)35-18-6-2-5-9-20-7-3-1-4-8-20/h1,3-4,7-8,10-11,13-16,19H,2,5-6,9,12,17-18H2,(H,28,30)(H,31,32). The van der Waals surface area contributed by atoms with E-state index >= 15 is 0 Å². The Morgan fingerprint density at radius 2 is 1.60 bits per heavy atom. The molecule has 1 amide bonds. The Hall–Kier alpha value is -4.20. The SMILES string of the molecule is O=C(CCc1ccc(OCCCCCc2ccccc2)cc1)Nc1ccc([N+](=O)[O-])c(C(=O)O)c1. The highest BCUT2D eigenvalue weighted by Gasteiger charge is 2.20. The molecule has 35 heavy (non-hydrogen) atoms. The van der Waals surface area contributed by atoms with Crippen LogP contribution in [0, 0.1) is 10.1 Å². The van der Waals surface area contributed by atoms with Crippen molar-refractivity contribution in [2.24, 2.45) is 0 Å². The molecule has 0 radical (unpaired) electrons. The average Bonchev–Trinajstić information content (AvgIpc) is 2.86. The Balaban J connectivity index is 1.37. The summed E-state index contributed by atoms with van der Waals surface area (Å²) in [4.78, 5) is 33.7. The number of hydrogen-bond acceptors (Lipinski definition) is 5. The van der Waals surface area contributed by atoms with E-state index < -0.39 is 22.1 Å². The smallest absolute Gasteiger partial charge is 0.342 e. The number of aromatic carboxylic acids is 1. The van der Waals surface area contributed by atoms with Crippen molar-refractivity contribution >= 4 is 23.3 Å². The largest absolute Gasteiger partial charge is 0.494 e. The molecule has 8 heteroatoms. The van der Waals surface area contributed by atoms with Gasteiger partial charge in [0.05, 0.1) is 11.5 Å². The molecule has 0 atom stereocenters. The lowest BCUT2D eigenvalue weighted by Crippen LogP contribution is -2.13. The fourth-order valence-corrected chi connectivity index (χ4v) is 3.62. The Bertz CT molecular complexity index is 1150. The highest BCUT2D eigenvalue weighted by atomic mass is 16.6. The second kappa shape index (κ2) is 12.9. The molecule has 182 valence electrons. The van der Waals surface area contributed by atoms with E-state index in [1.54, 1.807) is 0 Å². The number of carbonyl (C=O) groups is 2. The summed E-state index contributed by atoms with van der Waals surface area (Å²) in [7, 11) is 0. The van der Waals surface area contributed by atoms with Crippen LogP contribution < -0.4 is 10.1 Å². The third-order valence-corrected chi connectivity index (χ3v) is 5.49. The summed E-state index contributed by atoms with van der Waals surface area (Å²) in [6.07, 6.45) is 4.97. The van der Waals surface area contributed by atoms with E-state index in [9.17, 15) is 19.7 Å². The predicted molar refractivity (Wildman–Crippen MR) is 133 cm³/mol. The third kappa shape index (κ3) is 8.26. The topological polar surface area (TPSA) is 119 Å². The van der Waals surface area contributed by atoms with E-state index in [1.807, 2.05) is 30.3 Å². The number of aryl methyl sites for hydroxylation is 2. The van der Waals surface area contributed by atoms with Crippen molar-refractivity contribution in [1.82, 2.24) is 0 Å². The fraction of sp³-hybridized carbons (Fsp3) is 0.259. The maximum atomic E-state index is 12.3. The highest BCUT2D eigenvalue weighted by Crippen LogP contribution is 2.23. The van der Waals surface area contributed by atoms with Gasteiger partial charge in [-0.05, 0) is 67.5 Å². The molecule has 0 fully saturated rings. The van der Waals surface area contributed by atoms with Gasteiger partial charge in [0.25, 0.3) is 5.69 Å².